The van der Waals surface area contributed by atoms with Gasteiger partial charge in [0.15, 0.2) is 5.82 Å². The highest BCUT2D eigenvalue weighted by Gasteiger charge is 2.29. The lowest BCUT2D eigenvalue weighted by molar-refractivity contribution is 0.0695. The number of aryl methyl sites for hydroxylation is 1. The Bertz CT molecular complexity index is 1570. The highest BCUT2D eigenvalue weighted by atomic mass is 32.2. The van der Waals surface area contributed by atoms with Gasteiger partial charge >= 0.3 is 5.97 Å². The van der Waals surface area contributed by atoms with Crippen molar-refractivity contribution in [1.82, 2.24) is 18.9 Å². The number of hydrogen-bond acceptors (Lipinski definition) is 7. The maximum absolute atomic E-state index is 13.4. The van der Waals surface area contributed by atoms with E-state index < -0.39 is 21.8 Å². The molecule has 1 fully saturated rings. The van der Waals surface area contributed by atoms with Crippen molar-refractivity contribution in [2.24, 2.45) is 0 Å². The van der Waals surface area contributed by atoms with Crippen LogP contribution >= 0.6 is 0 Å². The number of benzene rings is 2. The average molecular weight is 532 g/mol. The smallest absolute Gasteiger partial charge is 0.339 e. The third-order valence-electron chi connectivity index (χ3n) is 5.64. The SMILES string of the molecule is Cc1nc(-c2cccc(F)c2)ncc1C(=O)O.Nn1cc(S(=O)(=O)N2CCOCC2)c2cc(F)ccc21. The number of ether oxygens (including phenoxy) is 1. The van der Waals surface area contributed by atoms with Gasteiger partial charge in [0.1, 0.15) is 16.5 Å². The van der Waals surface area contributed by atoms with E-state index in [9.17, 15) is 22.0 Å². The van der Waals surface area contributed by atoms with E-state index in [0.29, 0.717) is 41.2 Å². The number of hydrogen-bond donors (Lipinski definition) is 2. The number of aromatic nitrogens is 3. The van der Waals surface area contributed by atoms with E-state index >= 15 is 0 Å². The molecule has 0 bridgehead atoms. The summed E-state index contributed by atoms with van der Waals surface area (Å²) < 4.78 is 59.3. The lowest BCUT2D eigenvalue weighted by Gasteiger charge is -2.25. The molecule has 194 valence electrons. The van der Waals surface area contributed by atoms with Crippen molar-refractivity contribution in [3.05, 3.63) is 77.8 Å². The molecule has 0 aliphatic carbocycles. The number of aromatic carboxylic acids is 1. The van der Waals surface area contributed by atoms with Gasteiger partial charge in [0.25, 0.3) is 0 Å². The lowest BCUT2D eigenvalue weighted by Crippen LogP contribution is -2.40. The van der Waals surface area contributed by atoms with Crippen molar-refractivity contribution in [2.75, 3.05) is 32.1 Å². The first-order valence-electron chi connectivity index (χ1n) is 11.0. The van der Waals surface area contributed by atoms with E-state index in [2.05, 4.69) is 9.97 Å². The van der Waals surface area contributed by atoms with Crippen molar-refractivity contribution < 1.29 is 31.8 Å². The van der Waals surface area contributed by atoms with E-state index in [1.54, 1.807) is 19.1 Å². The zero-order valence-corrected chi connectivity index (χ0v) is 20.5. The summed E-state index contributed by atoms with van der Waals surface area (Å²) in [6, 6.07) is 9.73. The van der Waals surface area contributed by atoms with Crippen LogP contribution in [0.1, 0.15) is 16.1 Å². The number of sulfonamides is 1. The number of morpholine rings is 1. The van der Waals surface area contributed by atoms with Gasteiger partial charge in [-0.3, -0.25) is 4.68 Å². The summed E-state index contributed by atoms with van der Waals surface area (Å²) >= 11 is 0. The minimum Gasteiger partial charge on any atom is -0.478 e. The molecular formula is C24H23F2N5O5S. The second-order valence-corrected chi connectivity index (χ2v) is 9.99. The molecule has 4 aromatic rings. The minimum absolute atomic E-state index is 0.0244. The van der Waals surface area contributed by atoms with Crippen LogP contribution in [-0.4, -0.2) is 64.7 Å². The number of rotatable bonds is 4. The Balaban J connectivity index is 0.000000176. The van der Waals surface area contributed by atoms with Crippen LogP contribution < -0.4 is 5.84 Å². The largest absolute Gasteiger partial charge is 0.478 e. The van der Waals surface area contributed by atoms with Crippen LogP contribution in [-0.2, 0) is 14.8 Å². The minimum atomic E-state index is -3.70. The molecule has 3 N–H and O–H groups in total. The van der Waals surface area contributed by atoms with Gasteiger partial charge in [-0.15, -0.1) is 0 Å². The van der Waals surface area contributed by atoms with Crippen LogP contribution in [0, 0.1) is 18.6 Å². The molecule has 0 amide bonds. The summed E-state index contributed by atoms with van der Waals surface area (Å²) in [7, 11) is -3.70. The fourth-order valence-electron chi connectivity index (χ4n) is 3.77. The van der Waals surface area contributed by atoms with Crippen LogP contribution in [0.2, 0.25) is 0 Å². The molecule has 1 aliphatic heterocycles. The molecule has 0 atom stereocenters. The number of carboxylic acid groups (broad SMARTS) is 1. The van der Waals surface area contributed by atoms with Gasteiger partial charge in [0, 0.05) is 36.4 Å². The van der Waals surface area contributed by atoms with Gasteiger partial charge in [0.05, 0.1) is 30.0 Å². The predicted octanol–water partition coefficient (Wildman–Crippen LogP) is 2.80. The van der Waals surface area contributed by atoms with E-state index in [1.807, 2.05) is 0 Å². The quantitative estimate of drug-likeness (QED) is 0.383. The van der Waals surface area contributed by atoms with Gasteiger partial charge in [0.2, 0.25) is 10.0 Å². The van der Waals surface area contributed by atoms with Crippen molar-refractivity contribution in [3.8, 4) is 11.4 Å². The Kier molecular flexibility index (Phi) is 7.47. The molecule has 0 spiro atoms. The summed E-state index contributed by atoms with van der Waals surface area (Å²) in [6.07, 6.45) is 2.54. The lowest BCUT2D eigenvalue weighted by atomic mass is 10.2. The summed E-state index contributed by atoms with van der Waals surface area (Å²) in [4.78, 5) is 18.8. The Labute approximate surface area is 211 Å². The maximum Gasteiger partial charge on any atom is 0.339 e. The van der Waals surface area contributed by atoms with Crippen molar-refractivity contribution in [1.29, 1.82) is 0 Å². The third-order valence-corrected chi connectivity index (χ3v) is 7.57. The molecule has 0 saturated carbocycles. The average Bonchev–Trinajstić information content (AvgIpc) is 3.21. The monoisotopic (exact) mass is 531 g/mol. The van der Waals surface area contributed by atoms with Crippen molar-refractivity contribution >= 4 is 26.9 Å². The number of nitrogens with two attached hydrogens (primary N) is 1. The topological polar surface area (TPSA) is 141 Å². The molecule has 2 aromatic heterocycles. The molecule has 2 aromatic carbocycles. The molecular weight excluding hydrogens is 508 g/mol. The highest BCUT2D eigenvalue weighted by molar-refractivity contribution is 7.89. The summed E-state index contributed by atoms with van der Waals surface area (Å²) in [5, 5.41) is 9.12. The van der Waals surface area contributed by atoms with Gasteiger partial charge in [-0.1, -0.05) is 12.1 Å². The van der Waals surface area contributed by atoms with Crippen LogP contribution in [0.5, 0.6) is 0 Å². The van der Waals surface area contributed by atoms with Crippen LogP contribution in [0.15, 0.2) is 59.8 Å². The number of halogens is 2. The predicted molar refractivity (Wildman–Crippen MR) is 131 cm³/mol. The van der Waals surface area contributed by atoms with Crippen LogP contribution in [0.4, 0.5) is 8.78 Å². The summed E-state index contributed by atoms with van der Waals surface area (Å²) in [6.45, 7) is 2.86. The standard InChI is InChI=1S/C12H14FN3O3S.C12H9FN2O2/c13-9-1-2-11-10(7-9)12(8-16(11)14)20(17,18)15-3-5-19-6-4-15;1-7-10(12(16)17)6-14-11(15-7)8-3-2-4-9(13)5-8/h1-2,7-8H,3-6,14H2;2-6H,1H3,(H,16,17). The highest BCUT2D eigenvalue weighted by Crippen LogP contribution is 2.28. The molecule has 37 heavy (non-hydrogen) atoms. The van der Waals surface area contributed by atoms with Gasteiger partial charge in [-0.05, 0) is 37.3 Å². The molecule has 1 saturated heterocycles. The first-order valence-corrected chi connectivity index (χ1v) is 12.5. The van der Waals surface area contributed by atoms with E-state index in [1.165, 1.54) is 51.7 Å². The number of carbonyl (C=O) groups is 1. The van der Waals surface area contributed by atoms with Crippen molar-refractivity contribution in [3.63, 3.8) is 0 Å². The molecule has 1 aliphatic rings. The second-order valence-electron chi connectivity index (χ2n) is 8.09. The van der Waals surface area contributed by atoms with Gasteiger partial charge in [-0.25, -0.2) is 32.0 Å². The molecule has 0 unspecified atom stereocenters. The fourth-order valence-corrected chi connectivity index (χ4v) is 5.37. The Morgan fingerprint density at radius 1 is 1.11 bits per heavy atom. The second kappa shape index (κ2) is 10.6. The van der Waals surface area contributed by atoms with Crippen LogP contribution in [0.3, 0.4) is 0 Å². The Hall–Kier alpha value is -3.94. The maximum atomic E-state index is 13.4. The Morgan fingerprint density at radius 2 is 1.81 bits per heavy atom. The van der Waals surface area contributed by atoms with Crippen molar-refractivity contribution in [2.45, 2.75) is 11.8 Å². The molecule has 5 rings (SSSR count). The number of fused-ring (bicyclic) bond motifs is 1. The molecule has 0 radical (unpaired) electrons. The molecule has 13 heteroatoms. The van der Waals surface area contributed by atoms with E-state index in [0.717, 1.165) is 0 Å². The fraction of sp³-hybridized carbons (Fsp3) is 0.208. The van der Waals surface area contributed by atoms with Crippen LogP contribution in [0.25, 0.3) is 22.3 Å². The zero-order chi connectivity index (χ0) is 26.7. The summed E-state index contributed by atoms with van der Waals surface area (Å²) in [5.74, 6) is 4.09. The third kappa shape index (κ3) is 5.58. The zero-order valence-electron chi connectivity index (χ0n) is 19.6. The Morgan fingerprint density at radius 3 is 2.46 bits per heavy atom. The summed E-state index contributed by atoms with van der Waals surface area (Å²) in [5.41, 5.74) is 1.39. The molecule has 10 nitrogen and oxygen atoms in total. The van der Waals surface area contributed by atoms with Gasteiger partial charge in [-0.2, -0.15) is 4.31 Å². The van der Waals surface area contributed by atoms with E-state index in [4.69, 9.17) is 15.7 Å². The first-order chi connectivity index (χ1) is 17.6. The number of nitrogens with zero attached hydrogens (tertiary/aromatic N) is 4. The normalized spacial score (nSPS) is 14.2. The first kappa shape index (κ1) is 26.1. The number of carboxylic acids is 1. The van der Waals surface area contributed by atoms with E-state index in [-0.39, 0.29) is 29.4 Å². The molecule has 3 heterocycles. The number of nitrogen functional groups attached to an aromatic ring is 1. The van der Waals surface area contributed by atoms with Gasteiger partial charge < -0.3 is 15.7 Å².